The van der Waals surface area contributed by atoms with Crippen LogP contribution in [0.4, 0.5) is 0 Å². The number of pyridine rings is 1. The second-order valence-corrected chi connectivity index (χ2v) is 2.67. The lowest BCUT2D eigenvalue weighted by molar-refractivity contribution is 0.977. The summed E-state index contributed by atoms with van der Waals surface area (Å²) in [6, 6.07) is 8.61. The summed E-state index contributed by atoms with van der Waals surface area (Å²) in [5.41, 5.74) is 0.775. The van der Waals surface area contributed by atoms with E-state index < -0.39 is 0 Å². The molecule has 1 aromatic carbocycles. The molecule has 0 radical (unpaired) electrons. The Balaban J connectivity index is 3.01. The Labute approximate surface area is 73.9 Å². The molecule has 0 spiro atoms. The third kappa shape index (κ3) is 1.22. The van der Waals surface area contributed by atoms with E-state index in [1.807, 2.05) is 12.1 Å². The number of aromatic nitrogens is 1. The van der Waals surface area contributed by atoms with Crippen molar-refractivity contribution in [2.24, 2.45) is 0 Å². The first kappa shape index (κ1) is 7.67. The molecule has 0 aliphatic heterocycles. The number of nitrogens with zero attached hydrogens (tertiary/aromatic N) is 1. The van der Waals surface area contributed by atoms with Gasteiger partial charge in [0.1, 0.15) is 0 Å². The summed E-state index contributed by atoms with van der Waals surface area (Å²) in [5, 5.41) is 22.0. The fourth-order valence-corrected chi connectivity index (χ4v) is 1.29. The van der Waals surface area contributed by atoms with E-state index >= 15 is 0 Å². The summed E-state index contributed by atoms with van der Waals surface area (Å²) in [7, 11) is 0. The highest BCUT2D eigenvalue weighted by Crippen LogP contribution is 2.03. The Bertz CT molecular complexity index is 493. The minimum absolute atomic E-state index is 0.134. The van der Waals surface area contributed by atoms with Crippen molar-refractivity contribution in [2.75, 3.05) is 0 Å². The van der Waals surface area contributed by atoms with Crippen LogP contribution >= 0.6 is 0 Å². The Morgan fingerprint density at radius 2 is 1.85 bits per heavy atom. The third-order valence-electron chi connectivity index (χ3n) is 1.88. The van der Waals surface area contributed by atoms with Crippen LogP contribution in [-0.2, 0) is 0 Å². The number of hydrogen-bond acceptors (Lipinski definition) is 2. The maximum Gasteiger partial charge on any atom is 0.233 e. The minimum Gasteiger partial charge on any atom is -0.612 e. The molecule has 13 heavy (non-hydrogen) atoms. The van der Waals surface area contributed by atoms with Crippen LogP contribution in [0, 0.1) is 10.4 Å². The molecule has 0 aliphatic carbocycles. The first-order valence-corrected chi connectivity index (χ1v) is 3.83. The van der Waals surface area contributed by atoms with Gasteiger partial charge in [-0.3, -0.25) is 0 Å². The van der Waals surface area contributed by atoms with Crippen molar-refractivity contribution in [1.29, 1.82) is 0 Å². The van der Waals surface area contributed by atoms with E-state index in [2.05, 4.69) is 4.98 Å². The summed E-state index contributed by atoms with van der Waals surface area (Å²) in [6.45, 7) is 0. The smallest absolute Gasteiger partial charge is 0.233 e. The van der Waals surface area contributed by atoms with E-state index in [9.17, 15) is 10.4 Å². The van der Waals surface area contributed by atoms with Gasteiger partial charge in [0.15, 0.2) is 0 Å². The van der Waals surface area contributed by atoms with Gasteiger partial charge in [0.25, 0.3) is 0 Å². The van der Waals surface area contributed by atoms with Crippen LogP contribution in [0.15, 0.2) is 36.5 Å². The topological polar surface area (TPSA) is 64.9 Å². The summed E-state index contributed by atoms with van der Waals surface area (Å²) < 4.78 is 0. The van der Waals surface area contributed by atoms with Gasteiger partial charge in [-0.15, -0.1) is 0 Å². The van der Waals surface area contributed by atoms with Gasteiger partial charge in [0, 0.05) is 12.3 Å². The van der Waals surface area contributed by atoms with Crippen LogP contribution in [0.1, 0.15) is 0 Å². The second-order valence-electron chi connectivity index (χ2n) is 2.67. The number of H-pyrrole nitrogens is 1. The van der Waals surface area contributed by atoms with E-state index in [0.29, 0.717) is 5.39 Å². The fraction of sp³-hybridized carbons (Fsp3) is 0. The highest BCUT2D eigenvalue weighted by molar-refractivity contribution is 5.77. The van der Waals surface area contributed by atoms with Crippen LogP contribution in [0.5, 0.6) is 0 Å². The average Bonchev–Trinajstić information content (AvgIpc) is 2.17. The molecule has 4 nitrogen and oxygen atoms in total. The number of aromatic amines is 1. The zero-order valence-corrected chi connectivity index (χ0v) is 6.73. The first-order chi connectivity index (χ1) is 6.29. The molecule has 0 saturated heterocycles. The largest absolute Gasteiger partial charge is 0.612 e. The molecular weight excluding hydrogens is 168 g/mol. The van der Waals surface area contributed by atoms with Crippen molar-refractivity contribution < 1.29 is 0 Å². The van der Waals surface area contributed by atoms with Crippen LogP contribution < -0.4 is 10.3 Å². The fourth-order valence-electron chi connectivity index (χ4n) is 1.29. The van der Waals surface area contributed by atoms with Crippen molar-refractivity contribution >= 4 is 10.9 Å². The zero-order chi connectivity index (χ0) is 9.26. The van der Waals surface area contributed by atoms with Crippen molar-refractivity contribution in [1.82, 2.24) is 9.89 Å². The van der Waals surface area contributed by atoms with Crippen molar-refractivity contribution in [3.8, 4) is 0 Å². The number of para-hydroxylation sites is 1. The van der Waals surface area contributed by atoms with Gasteiger partial charge >= 0.3 is 0 Å². The Morgan fingerprint density at radius 3 is 2.62 bits per heavy atom. The van der Waals surface area contributed by atoms with Crippen molar-refractivity contribution in [3.05, 3.63) is 52.3 Å². The van der Waals surface area contributed by atoms with Crippen molar-refractivity contribution in [3.63, 3.8) is 0 Å². The van der Waals surface area contributed by atoms with Crippen LogP contribution in [0.2, 0.25) is 0 Å². The van der Waals surface area contributed by atoms with Crippen LogP contribution in [0.3, 0.4) is 0 Å². The number of rotatable bonds is 0. The van der Waals surface area contributed by atoms with Gasteiger partial charge in [-0.25, -0.2) is 0 Å². The number of fused-ring (bicyclic) bond motifs is 1. The quantitative estimate of drug-likeness (QED) is 0.605. The van der Waals surface area contributed by atoms with E-state index in [4.69, 9.17) is 0 Å². The predicted molar refractivity (Wildman–Crippen MR) is 50.3 cm³/mol. The molecule has 0 bridgehead atoms. The van der Waals surface area contributed by atoms with Gasteiger partial charge in [0.2, 0.25) is 5.36 Å². The van der Waals surface area contributed by atoms with E-state index in [1.54, 1.807) is 18.3 Å². The number of nitrogens with one attached hydrogen (secondary N) is 1. The lowest BCUT2D eigenvalue weighted by atomic mass is 10.2. The van der Waals surface area contributed by atoms with Gasteiger partial charge in [0.05, 0.1) is 10.9 Å². The lowest BCUT2D eigenvalue weighted by Crippen LogP contribution is -2.18. The highest BCUT2D eigenvalue weighted by Gasteiger charge is 1.97. The van der Waals surface area contributed by atoms with Gasteiger partial charge in [-0.1, -0.05) is 12.1 Å². The predicted octanol–water partition coefficient (Wildman–Crippen LogP) is 0.936. The van der Waals surface area contributed by atoms with Crippen LogP contribution in [0.25, 0.3) is 10.9 Å². The molecule has 4 heteroatoms. The molecule has 66 valence electrons. The van der Waals surface area contributed by atoms with Gasteiger partial charge in [-0.2, -0.15) is 4.90 Å². The zero-order valence-electron chi connectivity index (χ0n) is 6.73. The molecule has 2 rings (SSSR count). The molecule has 2 aromatic rings. The van der Waals surface area contributed by atoms with Crippen LogP contribution in [-0.4, -0.2) is 4.98 Å². The van der Waals surface area contributed by atoms with Gasteiger partial charge < -0.3 is 15.4 Å². The second kappa shape index (κ2) is 2.82. The molecule has 0 unspecified atom stereocenters. The van der Waals surface area contributed by atoms with E-state index in [1.165, 1.54) is 6.07 Å². The molecule has 0 atom stereocenters. The minimum atomic E-state index is -0.379. The van der Waals surface area contributed by atoms with Crippen molar-refractivity contribution in [2.45, 2.75) is 0 Å². The maximum atomic E-state index is 10.6. The Morgan fingerprint density at radius 1 is 1.08 bits per heavy atom. The molecule has 0 fully saturated rings. The molecule has 0 aliphatic rings. The van der Waals surface area contributed by atoms with E-state index in [-0.39, 0.29) is 10.3 Å². The number of benzene rings is 1. The molecule has 1 heterocycles. The van der Waals surface area contributed by atoms with Gasteiger partial charge in [-0.05, 0) is 12.1 Å². The molecular formula is C9H7N2O2-. The third-order valence-corrected chi connectivity index (χ3v) is 1.88. The Hall–Kier alpha value is -1.97. The standard InChI is InChI=1S/C9H7N2O2/c12-11(13)9-5-6-10-8-4-2-1-3-7(8)9/h1-6,10H/q-1. The first-order valence-electron chi connectivity index (χ1n) is 3.83. The molecule has 1 aromatic heterocycles. The van der Waals surface area contributed by atoms with E-state index in [0.717, 1.165) is 5.52 Å². The molecule has 0 saturated carbocycles. The normalized spacial score (nSPS) is 10.2. The monoisotopic (exact) mass is 175 g/mol. The average molecular weight is 175 g/mol. The lowest BCUT2D eigenvalue weighted by Gasteiger charge is -2.03. The maximum absolute atomic E-state index is 10.6. The molecule has 0 amide bonds. The number of hydrogen-bond donors (Lipinski definition) is 1. The molecule has 1 N–H and O–H groups in total. The summed E-state index contributed by atoms with van der Waals surface area (Å²) in [6.07, 6.45) is 1.57. The summed E-state index contributed by atoms with van der Waals surface area (Å²) in [5.74, 6) is 0. The Kier molecular flexibility index (Phi) is 1.66. The summed E-state index contributed by atoms with van der Waals surface area (Å²) in [4.78, 5) is 2.56. The SMILES string of the molecule is [O-][N+]([O-])=c1cc[nH]c2ccccc12. The summed E-state index contributed by atoms with van der Waals surface area (Å²) >= 11 is 0. The highest BCUT2D eigenvalue weighted by atomic mass is 16.8.